The summed E-state index contributed by atoms with van der Waals surface area (Å²) in [6.07, 6.45) is 0.806. The van der Waals surface area contributed by atoms with Crippen molar-refractivity contribution in [2.24, 2.45) is 5.41 Å². The van der Waals surface area contributed by atoms with Crippen molar-refractivity contribution in [1.82, 2.24) is 0 Å². The second-order valence-electron chi connectivity index (χ2n) is 3.58. The van der Waals surface area contributed by atoms with Gasteiger partial charge in [-0.3, -0.25) is 9.59 Å². The highest BCUT2D eigenvalue weighted by molar-refractivity contribution is 8.23. The first-order valence-corrected chi connectivity index (χ1v) is 6.82. The van der Waals surface area contributed by atoms with Gasteiger partial charge in [0.25, 0.3) is 0 Å². The molecule has 0 aromatic rings. The number of esters is 2. The first-order chi connectivity index (χ1) is 7.58. The minimum Gasteiger partial charge on any atom is -0.402 e. The highest BCUT2D eigenvalue weighted by Crippen LogP contribution is 2.52. The van der Waals surface area contributed by atoms with Gasteiger partial charge in [0, 0.05) is 0 Å². The highest BCUT2D eigenvalue weighted by atomic mass is 32.2. The summed E-state index contributed by atoms with van der Waals surface area (Å²) < 4.78 is 9.36. The molecule has 0 aromatic heterocycles. The van der Waals surface area contributed by atoms with E-state index in [-0.39, 0.29) is 0 Å². The van der Waals surface area contributed by atoms with Gasteiger partial charge in [-0.15, -0.1) is 0 Å². The maximum atomic E-state index is 12.0. The summed E-state index contributed by atoms with van der Waals surface area (Å²) in [5.41, 5.74) is -1.12. The number of thioether (sulfide) groups is 2. The zero-order valence-corrected chi connectivity index (χ0v) is 10.7. The molecule has 1 fully saturated rings. The summed E-state index contributed by atoms with van der Waals surface area (Å²) in [6.45, 7) is 3.58. The Morgan fingerprint density at radius 1 is 1.06 bits per heavy atom. The molecule has 2 aliphatic heterocycles. The van der Waals surface area contributed by atoms with Crippen molar-refractivity contribution in [3.63, 3.8) is 0 Å². The van der Waals surface area contributed by atoms with Crippen LogP contribution in [-0.2, 0) is 19.1 Å². The van der Waals surface area contributed by atoms with Crippen LogP contribution in [0, 0.1) is 5.41 Å². The van der Waals surface area contributed by atoms with Crippen LogP contribution in [-0.4, -0.2) is 16.4 Å². The van der Waals surface area contributed by atoms with E-state index in [0.717, 1.165) is 0 Å². The fraction of sp³-hybridized carbons (Fsp3) is 0.600. The van der Waals surface area contributed by atoms with Crippen LogP contribution in [0.4, 0.5) is 0 Å². The molecule has 0 aromatic carbocycles. The summed E-state index contributed by atoms with van der Waals surface area (Å²) >= 11 is 2.38. The van der Waals surface area contributed by atoms with E-state index in [4.69, 9.17) is 9.47 Å². The Morgan fingerprint density at radius 2 is 1.50 bits per heavy atom. The normalized spacial score (nSPS) is 25.6. The first-order valence-electron chi connectivity index (χ1n) is 5.06. The number of hydrogen-bond donors (Lipinski definition) is 0. The Labute approximate surface area is 102 Å². The molecule has 6 heteroatoms. The maximum Gasteiger partial charge on any atom is 0.366 e. The minimum atomic E-state index is -1.21. The molecule has 1 spiro atoms. The van der Waals surface area contributed by atoms with Crippen molar-refractivity contribution in [2.75, 3.05) is 0 Å². The summed E-state index contributed by atoms with van der Waals surface area (Å²) in [6, 6.07) is 0. The van der Waals surface area contributed by atoms with E-state index in [0.29, 0.717) is 12.8 Å². The maximum absolute atomic E-state index is 12.0. The Morgan fingerprint density at radius 3 is 1.88 bits per heavy atom. The predicted molar refractivity (Wildman–Crippen MR) is 62.3 cm³/mol. The summed E-state index contributed by atoms with van der Waals surface area (Å²) in [7, 11) is 0. The van der Waals surface area contributed by atoms with Crippen LogP contribution < -0.4 is 0 Å². The second kappa shape index (κ2) is 4.00. The van der Waals surface area contributed by atoms with Crippen molar-refractivity contribution in [2.45, 2.75) is 31.1 Å². The van der Waals surface area contributed by atoms with Gasteiger partial charge in [-0.2, -0.15) is 0 Å². The van der Waals surface area contributed by atoms with Gasteiger partial charge in [-0.1, -0.05) is 13.8 Å². The van der Waals surface area contributed by atoms with Crippen molar-refractivity contribution >= 4 is 35.5 Å². The molecule has 0 bridgehead atoms. The number of ether oxygens (including phenoxy) is 2. The van der Waals surface area contributed by atoms with E-state index in [2.05, 4.69) is 0 Å². The van der Waals surface area contributed by atoms with Gasteiger partial charge in [0.15, 0.2) is 5.41 Å². The summed E-state index contributed by atoms with van der Waals surface area (Å²) in [5, 5.41) is 3.49. The molecule has 1 saturated heterocycles. The van der Waals surface area contributed by atoms with Gasteiger partial charge in [0.2, 0.25) is 0 Å². The third-order valence-corrected chi connectivity index (χ3v) is 5.11. The van der Waals surface area contributed by atoms with Gasteiger partial charge in [0.1, 0.15) is 0 Å². The number of carbonyl (C=O) groups is 2. The van der Waals surface area contributed by atoms with Crippen LogP contribution in [0.1, 0.15) is 26.7 Å². The lowest BCUT2D eigenvalue weighted by atomic mass is 9.82. The highest BCUT2D eigenvalue weighted by Gasteiger charge is 2.58. The fourth-order valence-electron chi connectivity index (χ4n) is 1.70. The molecule has 0 saturated carbocycles. The molecule has 0 unspecified atom stereocenters. The molecular formula is C10H12O4S2. The molecule has 16 heavy (non-hydrogen) atoms. The molecule has 0 radical (unpaired) electrons. The van der Waals surface area contributed by atoms with Crippen LogP contribution >= 0.6 is 23.5 Å². The number of rotatable bonds is 2. The van der Waals surface area contributed by atoms with E-state index in [1.54, 1.807) is 24.7 Å². The Kier molecular flexibility index (Phi) is 2.96. The van der Waals surface area contributed by atoms with Gasteiger partial charge >= 0.3 is 16.4 Å². The second-order valence-corrected chi connectivity index (χ2v) is 5.93. The lowest BCUT2D eigenvalue weighted by Crippen LogP contribution is -2.52. The predicted octanol–water partition coefficient (Wildman–Crippen LogP) is 2.46. The fourth-order valence-corrected chi connectivity index (χ4v) is 3.53. The topological polar surface area (TPSA) is 52.6 Å². The molecule has 0 N–H and O–H groups in total. The molecule has 2 heterocycles. The molecule has 88 valence electrons. The van der Waals surface area contributed by atoms with Crippen LogP contribution in [0.5, 0.6) is 0 Å². The van der Waals surface area contributed by atoms with Crippen LogP contribution in [0.3, 0.4) is 0 Å². The smallest absolute Gasteiger partial charge is 0.366 e. The third kappa shape index (κ3) is 1.55. The lowest BCUT2D eigenvalue weighted by Gasteiger charge is -2.39. The number of hydrogen-bond acceptors (Lipinski definition) is 6. The zero-order chi connectivity index (χ0) is 11.8. The lowest BCUT2D eigenvalue weighted by molar-refractivity contribution is -0.214. The average Bonchev–Trinajstić information content (AvgIpc) is 2.67. The van der Waals surface area contributed by atoms with Crippen molar-refractivity contribution < 1.29 is 19.1 Å². The van der Waals surface area contributed by atoms with Gasteiger partial charge in [-0.25, -0.2) is 0 Å². The molecule has 4 nitrogen and oxygen atoms in total. The Balaban J connectivity index is 2.26. The van der Waals surface area contributed by atoms with Crippen molar-refractivity contribution in [3.05, 3.63) is 10.8 Å². The minimum absolute atomic E-state index is 0.403. The molecule has 0 aliphatic carbocycles. The average molecular weight is 260 g/mol. The van der Waals surface area contributed by atoms with Gasteiger partial charge < -0.3 is 9.47 Å². The Hall–Kier alpha value is -0.620. The van der Waals surface area contributed by atoms with E-state index < -0.39 is 21.8 Å². The summed E-state index contributed by atoms with van der Waals surface area (Å²) in [5.74, 6) is -0.949. The monoisotopic (exact) mass is 260 g/mol. The molecule has 0 amide bonds. The molecule has 0 atom stereocenters. The van der Waals surface area contributed by atoms with Crippen LogP contribution in [0.15, 0.2) is 10.8 Å². The molecule has 2 rings (SSSR count). The Bertz CT molecular complexity index is 330. The van der Waals surface area contributed by atoms with E-state index >= 15 is 0 Å². The largest absolute Gasteiger partial charge is 0.402 e. The quantitative estimate of drug-likeness (QED) is 0.561. The van der Waals surface area contributed by atoms with Crippen LogP contribution in [0.25, 0.3) is 0 Å². The summed E-state index contributed by atoms with van der Waals surface area (Å²) in [4.78, 5) is 23.9. The van der Waals surface area contributed by atoms with E-state index in [1.165, 1.54) is 23.5 Å². The standard InChI is InChI=1S/C10H12O4S2/c1-3-9(4-2)7(11)13-10(14-8(9)12)15-5-6-16-10/h5-6H,3-4H2,1-2H3. The third-order valence-electron chi connectivity index (χ3n) is 2.90. The number of carbonyl (C=O) groups excluding carboxylic acids is 2. The van der Waals surface area contributed by atoms with Crippen LogP contribution in [0.2, 0.25) is 0 Å². The molecule has 2 aliphatic rings. The van der Waals surface area contributed by atoms with Gasteiger partial charge in [0.05, 0.1) is 0 Å². The first kappa shape index (κ1) is 11.9. The SMILES string of the molecule is CCC1(CC)C(=O)OC2(OC1=O)SC=CS2. The zero-order valence-electron chi connectivity index (χ0n) is 9.02. The van der Waals surface area contributed by atoms with Crippen molar-refractivity contribution in [1.29, 1.82) is 0 Å². The van der Waals surface area contributed by atoms with E-state index in [1.807, 2.05) is 0 Å². The molecular weight excluding hydrogens is 248 g/mol. The van der Waals surface area contributed by atoms with E-state index in [9.17, 15) is 9.59 Å². The van der Waals surface area contributed by atoms with Crippen molar-refractivity contribution in [3.8, 4) is 0 Å². The van der Waals surface area contributed by atoms with Gasteiger partial charge in [-0.05, 0) is 47.2 Å².